The maximum atomic E-state index is 13.0. The lowest BCUT2D eigenvalue weighted by molar-refractivity contribution is 0.180. The molecule has 0 aliphatic carbocycles. The molecule has 0 saturated heterocycles. The largest absolute Gasteiger partial charge is 0.484 e. The molecule has 2 aromatic carbocycles. The van der Waals surface area contributed by atoms with Crippen molar-refractivity contribution < 1.29 is 9.13 Å². The molecule has 2 aromatic rings. The summed E-state index contributed by atoms with van der Waals surface area (Å²) >= 11 is 1.68. The van der Waals surface area contributed by atoms with Crippen LogP contribution in [0.4, 0.5) is 4.39 Å². The zero-order valence-electron chi connectivity index (χ0n) is 11.5. The first-order valence-electron chi connectivity index (χ1n) is 6.42. The van der Waals surface area contributed by atoms with E-state index in [1.54, 1.807) is 23.9 Å². The standard InChI is InChI=1S/C16H18FNOS/c1-11(18)16(12-3-5-13(17)6-4-12)19-14-7-9-15(20-2)10-8-14/h3-11,16H,18H2,1-2H3. The topological polar surface area (TPSA) is 35.2 Å². The molecule has 20 heavy (non-hydrogen) atoms. The lowest BCUT2D eigenvalue weighted by Gasteiger charge is -2.23. The number of halogens is 1. The maximum Gasteiger partial charge on any atom is 0.138 e. The van der Waals surface area contributed by atoms with Crippen molar-refractivity contribution in [1.82, 2.24) is 0 Å². The minimum absolute atomic E-state index is 0.194. The first kappa shape index (κ1) is 14.9. The van der Waals surface area contributed by atoms with Crippen LogP contribution in [0.3, 0.4) is 0 Å². The quantitative estimate of drug-likeness (QED) is 0.845. The average molecular weight is 291 g/mol. The third-order valence-corrected chi connectivity index (χ3v) is 3.74. The van der Waals surface area contributed by atoms with Crippen molar-refractivity contribution in [3.63, 3.8) is 0 Å². The third kappa shape index (κ3) is 3.74. The van der Waals surface area contributed by atoms with Crippen LogP contribution in [0.25, 0.3) is 0 Å². The maximum absolute atomic E-state index is 13.0. The molecule has 0 saturated carbocycles. The van der Waals surface area contributed by atoms with Crippen molar-refractivity contribution >= 4 is 11.8 Å². The minimum atomic E-state index is -0.296. The number of nitrogens with two attached hydrogens (primary N) is 1. The highest BCUT2D eigenvalue weighted by Gasteiger charge is 2.18. The zero-order chi connectivity index (χ0) is 14.5. The van der Waals surface area contributed by atoms with Crippen molar-refractivity contribution in [2.24, 2.45) is 5.73 Å². The fourth-order valence-electron chi connectivity index (χ4n) is 1.93. The summed E-state index contributed by atoms with van der Waals surface area (Å²) in [5.74, 6) is 0.496. The van der Waals surface area contributed by atoms with Gasteiger partial charge in [-0.25, -0.2) is 4.39 Å². The summed E-state index contributed by atoms with van der Waals surface area (Å²) in [4.78, 5) is 1.18. The second-order valence-corrected chi connectivity index (χ2v) is 5.50. The summed E-state index contributed by atoms with van der Waals surface area (Å²) in [6, 6.07) is 13.9. The van der Waals surface area contributed by atoms with Crippen molar-refractivity contribution in [2.75, 3.05) is 6.26 Å². The molecule has 2 nitrogen and oxygen atoms in total. The highest BCUT2D eigenvalue weighted by Crippen LogP contribution is 2.26. The van der Waals surface area contributed by atoms with Gasteiger partial charge in [-0.05, 0) is 55.1 Å². The van der Waals surface area contributed by atoms with E-state index in [9.17, 15) is 4.39 Å². The van der Waals surface area contributed by atoms with Crippen LogP contribution in [0.15, 0.2) is 53.4 Å². The van der Waals surface area contributed by atoms with Crippen LogP contribution in [0.2, 0.25) is 0 Å². The van der Waals surface area contributed by atoms with E-state index in [1.165, 1.54) is 17.0 Å². The zero-order valence-corrected chi connectivity index (χ0v) is 12.4. The SMILES string of the molecule is CSc1ccc(OC(c2ccc(F)cc2)C(C)N)cc1. The van der Waals surface area contributed by atoms with Crippen molar-refractivity contribution in [3.05, 3.63) is 59.9 Å². The first-order chi connectivity index (χ1) is 9.60. The molecular formula is C16H18FNOS. The first-order valence-corrected chi connectivity index (χ1v) is 7.64. The van der Waals surface area contributed by atoms with Gasteiger partial charge in [-0.2, -0.15) is 0 Å². The van der Waals surface area contributed by atoms with Gasteiger partial charge in [-0.15, -0.1) is 11.8 Å². The number of ether oxygens (including phenoxy) is 1. The van der Waals surface area contributed by atoms with E-state index in [2.05, 4.69) is 0 Å². The van der Waals surface area contributed by atoms with Gasteiger partial charge in [0, 0.05) is 10.9 Å². The van der Waals surface area contributed by atoms with Crippen molar-refractivity contribution in [3.8, 4) is 5.75 Å². The molecule has 0 bridgehead atoms. The Morgan fingerprint density at radius 1 is 1.05 bits per heavy atom. The Labute approximate surface area is 123 Å². The van der Waals surface area contributed by atoms with Crippen molar-refractivity contribution in [2.45, 2.75) is 24.0 Å². The van der Waals surface area contributed by atoms with Gasteiger partial charge in [0.25, 0.3) is 0 Å². The predicted molar refractivity (Wildman–Crippen MR) is 81.6 cm³/mol. The van der Waals surface area contributed by atoms with E-state index in [4.69, 9.17) is 10.5 Å². The van der Waals surface area contributed by atoms with E-state index in [0.29, 0.717) is 0 Å². The Hall–Kier alpha value is -1.52. The van der Waals surface area contributed by atoms with E-state index >= 15 is 0 Å². The third-order valence-electron chi connectivity index (χ3n) is 3.00. The molecular weight excluding hydrogens is 273 g/mol. The molecule has 2 rings (SSSR count). The van der Waals surface area contributed by atoms with Crippen LogP contribution in [0, 0.1) is 5.82 Å². The van der Waals surface area contributed by atoms with Gasteiger partial charge < -0.3 is 10.5 Å². The number of thioether (sulfide) groups is 1. The van der Waals surface area contributed by atoms with Gasteiger partial charge in [0.15, 0.2) is 0 Å². The Kier molecular flexibility index (Phi) is 5.04. The fraction of sp³-hybridized carbons (Fsp3) is 0.250. The second-order valence-electron chi connectivity index (χ2n) is 4.62. The van der Waals surface area contributed by atoms with Crippen LogP contribution in [0.1, 0.15) is 18.6 Å². The highest BCUT2D eigenvalue weighted by atomic mass is 32.2. The Morgan fingerprint density at radius 3 is 2.15 bits per heavy atom. The van der Waals surface area contributed by atoms with Gasteiger partial charge >= 0.3 is 0 Å². The normalized spacial score (nSPS) is 13.8. The van der Waals surface area contributed by atoms with Gasteiger partial charge in [-0.3, -0.25) is 0 Å². The lowest BCUT2D eigenvalue weighted by atomic mass is 10.0. The van der Waals surface area contributed by atoms with E-state index in [0.717, 1.165) is 11.3 Å². The summed E-state index contributed by atoms with van der Waals surface area (Å²) in [5, 5.41) is 0. The molecule has 0 aliphatic heterocycles. The minimum Gasteiger partial charge on any atom is -0.484 e. The Bertz CT molecular complexity index is 539. The summed E-state index contributed by atoms with van der Waals surface area (Å²) in [6.07, 6.45) is 1.73. The monoisotopic (exact) mass is 291 g/mol. The van der Waals surface area contributed by atoms with Gasteiger partial charge in [0.1, 0.15) is 17.7 Å². The van der Waals surface area contributed by atoms with E-state index < -0.39 is 0 Å². The molecule has 0 radical (unpaired) electrons. The summed E-state index contributed by atoms with van der Waals surface area (Å²) in [7, 11) is 0. The summed E-state index contributed by atoms with van der Waals surface area (Å²) in [6.45, 7) is 1.88. The molecule has 0 amide bonds. The Morgan fingerprint density at radius 2 is 1.65 bits per heavy atom. The molecule has 0 fully saturated rings. The van der Waals surface area contributed by atoms with Crippen LogP contribution >= 0.6 is 11.8 Å². The number of hydrogen-bond donors (Lipinski definition) is 1. The fourth-order valence-corrected chi connectivity index (χ4v) is 2.34. The molecule has 0 spiro atoms. The molecule has 0 aliphatic rings. The lowest BCUT2D eigenvalue weighted by Crippen LogP contribution is -2.29. The highest BCUT2D eigenvalue weighted by molar-refractivity contribution is 7.98. The average Bonchev–Trinajstić information content (AvgIpc) is 2.46. The molecule has 2 unspecified atom stereocenters. The summed E-state index contributed by atoms with van der Waals surface area (Å²) < 4.78 is 18.9. The second kappa shape index (κ2) is 6.77. The molecule has 4 heteroatoms. The van der Waals surface area contributed by atoms with E-state index in [-0.39, 0.29) is 18.0 Å². The number of rotatable bonds is 5. The van der Waals surface area contributed by atoms with Crippen LogP contribution < -0.4 is 10.5 Å². The van der Waals surface area contributed by atoms with Crippen LogP contribution in [-0.2, 0) is 0 Å². The Balaban J connectivity index is 2.18. The molecule has 2 N–H and O–H groups in total. The van der Waals surface area contributed by atoms with Crippen LogP contribution in [-0.4, -0.2) is 12.3 Å². The number of benzene rings is 2. The molecule has 0 heterocycles. The van der Waals surface area contributed by atoms with Gasteiger partial charge in [0.2, 0.25) is 0 Å². The number of hydrogen-bond acceptors (Lipinski definition) is 3. The summed E-state index contributed by atoms with van der Waals surface area (Å²) in [5.41, 5.74) is 6.86. The molecule has 0 aromatic heterocycles. The van der Waals surface area contributed by atoms with Crippen LogP contribution in [0.5, 0.6) is 5.75 Å². The molecule has 2 atom stereocenters. The van der Waals surface area contributed by atoms with E-state index in [1.807, 2.05) is 37.4 Å². The van der Waals surface area contributed by atoms with Gasteiger partial charge in [-0.1, -0.05) is 12.1 Å². The van der Waals surface area contributed by atoms with Crippen molar-refractivity contribution in [1.29, 1.82) is 0 Å². The molecule has 106 valence electrons. The van der Waals surface area contributed by atoms with Gasteiger partial charge in [0.05, 0.1) is 0 Å². The predicted octanol–water partition coefficient (Wildman–Crippen LogP) is 4.01. The smallest absolute Gasteiger partial charge is 0.138 e.